The number of aromatic nitrogens is 3. The number of rotatable bonds is 4. The lowest BCUT2D eigenvalue weighted by Crippen LogP contribution is -2.02. The second-order valence-electron chi connectivity index (χ2n) is 4.78. The highest BCUT2D eigenvalue weighted by atomic mass is 35.5. The number of benzene rings is 2. The number of nitrogens with one attached hydrogen (secondary N) is 1. The lowest BCUT2D eigenvalue weighted by molar-refractivity contribution is 0.0697. The van der Waals surface area contributed by atoms with Crippen LogP contribution in [0.15, 0.2) is 53.6 Å². The van der Waals surface area contributed by atoms with E-state index in [1.54, 1.807) is 30.3 Å². The molecule has 0 fully saturated rings. The first-order chi connectivity index (χ1) is 11.6. The number of hydrogen-bond donors (Lipinski definition) is 2. The molecule has 2 N–H and O–H groups in total. The lowest BCUT2D eigenvalue weighted by Gasteiger charge is -2.03. The molecule has 3 aromatic rings. The van der Waals surface area contributed by atoms with Crippen molar-refractivity contribution in [2.45, 2.75) is 0 Å². The molecule has 3 rings (SSSR count). The van der Waals surface area contributed by atoms with Crippen molar-refractivity contribution in [3.05, 3.63) is 69.5 Å². The van der Waals surface area contributed by atoms with E-state index in [9.17, 15) is 9.90 Å². The summed E-state index contributed by atoms with van der Waals surface area (Å²) in [6, 6.07) is 13.7. The van der Waals surface area contributed by atoms with Gasteiger partial charge in [-0.25, -0.2) is 9.89 Å². The van der Waals surface area contributed by atoms with Gasteiger partial charge in [-0.05, 0) is 30.4 Å². The zero-order valence-electron chi connectivity index (χ0n) is 12.2. The fraction of sp³-hybridized carbons (Fsp3) is 0. The van der Waals surface area contributed by atoms with Crippen LogP contribution in [0.1, 0.15) is 15.9 Å². The van der Waals surface area contributed by atoms with E-state index in [1.165, 1.54) is 17.0 Å². The molecular weight excluding hydrogens is 348 g/mol. The number of carboxylic acids is 1. The molecule has 0 aliphatic carbocycles. The molecule has 0 unspecified atom stereocenters. The molecule has 0 bridgehead atoms. The molecule has 0 amide bonds. The van der Waals surface area contributed by atoms with Crippen LogP contribution in [0.2, 0.25) is 5.02 Å². The van der Waals surface area contributed by atoms with Gasteiger partial charge in [-0.15, -0.1) is 0 Å². The van der Waals surface area contributed by atoms with Crippen LogP contribution < -0.4 is 0 Å². The normalized spacial score (nSPS) is 11.0. The molecule has 24 heavy (non-hydrogen) atoms. The van der Waals surface area contributed by atoms with Crippen molar-refractivity contribution in [3.8, 4) is 11.4 Å². The third-order valence-electron chi connectivity index (χ3n) is 3.27. The minimum atomic E-state index is -1.03. The highest BCUT2D eigenvalue weighted by Crippen LogP contribution is 2.25. The van der Waals surface area contributed by atoms with Gasteiger partial charge in [0.2, 0.25) is 4.77 Å². The summed E-state index contributed by atoms with van der Waals surface area (Å²) in [5.41, 5.74) is 1.27. The molecule has 6 nitrogen and oxygen atoms in total. The maximum atomic E-state index is 11.3. The first-order valence-corrected chi connectivity index (χ1v) is 7.65. The fourth-order valence-electron chi connectivity index (χ4n) is 2.14. The van der Waals surface area contributed by atoms with Gasteiger partial charge in [-0.3, -0.25) is 0 Å². The summed E-state index contributed by atoms with van der Waals surface area (Å²) in [4.78, 5) is 11.3. The summed E-state index contributed by atoms with van der Waals surface area (Å²) in [5, 5.41) is 20.8. The Morgan fingerprint density at radius 2 is 1.96 bits per heavy atom. The van der Waals surface area contributed by atoms with Gasteiger partial charge < -0.3 is 5.11 Å². The van der Waals surface area contributed by atoms with Crippen molar-refractivity contribution >= 4 is 36.0 Å². The van der Waals surface area contributed by atoms with Gasteiger partial charge in [-0.2, -0.15) is 14.9 Å². The predicted molar refractivity (Wildman–Crippen MR) is 94.3 cm³/mol. The summed E-state index contributed by atoms with van der Waals surface area (Å²) < 4.78 is 1.67. The van der Waals surface area contributed by atoms with E-state index in [2.05, 4.69) is 15.3 Å². The standard InChI is InChI=1S/C16H11ClN4O2S/c17-13-8-4-3-7-12(13)14-19-20-16(24)21(14)18-9-10-5-1-2-6-11(10)15(22)23/h1-9H,(H,20,24)(H,22,23)/b18-9+. The van der Waals surface area contributed by atoms with E-state index >= 15 is 0 Å². The van der Waals surface area contributed by atoms with E-state index in [-0.39, 0.29) is 10.3 Å². The maximum absolute atomic E-state index is 11.3. The van der Waals surface area contributed by atoms with Gasteiger partial charge in [-0.1, -0.05) is 41.9 Å². The third kappa shape index (κ3) is 3.12. The van der Waals surface area contributed by atoms with Crippen LogP contribution >= 0.6 is 23.8 Å². The van der Waals surface area contributed by atoms with Gasteiger partial charge >= 0.3 is 5.97 Å². The lowest BCUT2D eigenvalue weighted by atomic mass is 10.1. The van der Waals surface area contributed by atoms with Crippen molar-refractivity contribution in [1.29, 1.82) is 0 Å². The molecule has 0 atom stereocenters. The SMILES string of the molecule is O=C(O)c1ccccc1/C=N/n1c(-c2ccccc2Cl)n[nH]c1=S. The maximum Gasteiger partial charge on any atom is 0.336 e. The number of nitrogens with zero attached hydrogens (tertiary/aromatic N) is 3. The number of H-pyrrole nitrogens is 1. The molecule has 0 saturated heterocycles. The average Bonchev–Trinajstić information content (AvgIpc) is 2.94. The molecule has 1 heterocycles. The highest BCUT2D eigenvalue weighted by Gasteiger charge is 2.12. The topological polar surface area (TPSA) is 83.3 Å². The summed E-state index contributed by atoms with van der Waals surface area (Å²) in [6.45, 7) is 0. The van der Waals surface area contributed by atoms with Crippen LogP contribution in [0.3, 0.4) is 0 Å². The second kappa shape index (κ2) is 6.77. The number of carboxylic acid groups (broad SMARTS) is 1. The number of aromatic carboxylic acids is 1. The molecule has 1 aromatic heterocycles. The van der Waals surface area contributed by atoms with E-state index < -0.39 is 5.97 Å². The van der Waals surface area contributed by atoms with Crippen molar-refractivity contribution in [1.82, 2.24) is 14.9 Å². The Balaban J connectivity index is 2.07. The van der Waals surface area contributed by atoms with Crippen LogP contribution in [0.4, 0.5) is 0 Å². The largest absolute Gasteiger partial charge is 0.478 e. The first kappa shape index (κ1) is 16.1. The third-order valence-corrected chi connectivity index (χ3v) is 3.86. The molecule has 0 spiro atoms. The predicted octanol–water partition coefficient (Wildman–Crippen LogP) is 3.84. The minimum Gasteiger partial charge on any atom is -0.478 e. The second-order valence-corrected chi connectivity index (χ2v) is 5.57. The van der Waals surface area contributed by atoms with Crippen LogP contribution in [-0.4, -0.2) is 32.2 Å². The summed E-state index contributed by atoms with van der Waals surface area (Å²) in [7, 11) is 0. The smallest absolute Gasteiger partial charge is 0.336 e. The van der Waals surface area contributed by atoms with Crippen molar-refractivity contribution in [2.24, 2.45) is 5.10 Å². The number of hydrogen-bond acceptors (Lipinski definition) is 4. The molecular formula is C16H11ClN4O2S. The molecule has 0 radical (unpaired) electrons. The van der Waals surface area contributed by atoms with Crippen LogP contribution in [-0.2, 0) is 0 Å². The van der Waals surface area contributed by atoms with Crippen molar-refractivity contribution in [2.75, 3.05) is 0 Å². The zero-order valence-corrected chi connectivity index (χ0v) is 13.8. The van der Waals surface area contributed by atoms with Crippen LogP contribution in [0, 0.1) is 4.77 Å². The van der Waals surface area contributed by atoms with Crippen molar-refractivity contribution in [3.63, 3.8) is 0 Å². The van der Waals surface area contributed by atoms with Gasteiger partial charge in [0, 0.05) is 11.1 Å². The highest BCUT2D eigenvalue weighted by molar-refractivity contribution is 7.71. The Kier molecular flexibility index (Phi) is 4.54. The Morgan fingerprint density at radius 1 is 1.25 bits per heavy atom. The molecule has 0 aliphatic rings. The van der Waals surface area contributed by atoms with Crippen LogP contribution in [0.25, 0.3) is 11.4 Å². The average molecular weight is 359 g/mol. The van der Waals surface area contributed by atoms with Crippen LogP contribution in [0.5, 0.6) is 0 Å². The van der Waals surface area contributed by atoms with Gasteiger partial charge in [0.1, 0.15) is 0 Å². The molecule has 0 saturated carbocycles. The molecule has 0 aliphatic heterocycles. The van der Waals surface area contributed by atoms with Gasteiger partial charge in [0.05, 0.1) is 16.8 Å². The number of carbonyl (C=O) groups is 1. The molecule has 2 aromatic carbocycles. The zero-order chi connectivity index (χ0) is 17.1. The quantitative estimate of drug-likeness (QED) is 0.548. The summed E-state index contributed by atoms with van der Waals surface area (Å²) >= 11 is 11.4. The van der Waals surface area contributed by atoms with Crippen molar-refractivity contribution < 1.29 is 9.90 Å². The van der Waals surface area contributed by atoms with E-state index in [1.807, 2.05) is 12.1 Å². The molecule has 8 heteroatoms. The van der Waals surface area contributed by atoms with E-state index in [4.69, 9.17) is 23.8 Å². The first-order valence-electron chi connectivity index (χ1n) is 6.87. The van der Waals surface area contributed by atoms with E-state index in [0.717, 1.165) is 0 Å². The Hall–Kier alpha value is -2.77. The molecule has 120 valence electrons. The monoisotopic (exact) mass is 358 g/mol. The summed E-state index contributed by atoms with van der Waals surface area (Å²) in [6.07, 6.45) is 1.43. The van der Waals surface area contributed by atoms with Gasteiger partial charge in [0.15, 0.2) is 5.82 Å². The Labute approximate surface area is 147 Å². The Morgan fingerprint density at radius 3 is 2.71 bits per heavy atom. The minimum absolute atomic E-state index is 0.149. The number of aromatic amines is 1. The summed E-state index contributed by atoms with van der Waals surface area (Å²) in [5.74, 6) is -0.589. The van der Waals surface area contributed by atoms with Gasteiger partial charge in [0.25, 0.3) is 0 Å². The number of halogens is 1. The fourth-order valence-corrected chi connectivity index (χ4v) is 2.54. The van der Waals surface area contributed by atoms with E-state index in [0.29, 0.717) is 22.0 Å². The Bertz CT molecular complexity index is 993.